The zero-order chi connectivity index (χ0) is 16.3. The van der Waals surface area contributed by atoms with E-state index in [1.54, 1.807) is 30.3 Å². The molecule has 2 rings (SSSR count). The van der Waals surface area contributed by atoms with Gasteiger partial charge in [-0.2, -0.15) is 5.10 Å². The number of phenols is 1. The Balaban J connectivity index is 2.14. The van der Waals surface area contributed by atoms with Crippen LogP contribution < -0.4 is 5.43 Å². The molecule has 1 amide bonds. The second-order valence-electron chi connectivity index (χ2n) is 4.51. The normalized spacial score (nSPS) is 10.9. The summed E-state index contributed by atoms with van der Waals surface area (Å²) in [5, 5.41) is 14.1. The molecule has 0 fully saturated rings. The van der Waals surface area contributed by atoms with Crippen molar-refractivity contribution in [2.24, 2.45) is 5.10 Å². The molecule has 2 aromatic rings. The molecule has 0 aliphatic heterocycles. The lowest BCUT2D eigenvalue weighted by Crippen LogP contribution is -2.18. The first-order valence-electron chi connectivity index (χ1n) is 6.16. The van der Waals surface area contributed by atoms with Gasteiger partial charge in [-0.1, -0.05) is 45.2 Å². The molecule has 0 unspecified atom stereocenters. The number of aromatic hydroxyl groups is 1. The number of amides is 1. The third-order valence-electron chi connectivity index (χ3n) is 2.80. The van der Waals surface area contributed by atoms with Crippen molar-refractivity contribution < 1.29 is 9.90 Å². The minimum absolute atomic E-state index is 0.115. The van der Waals surface area contributed by atoms with Gasteiger partial charge in [-0.15, -0.1) is 0 Å². The van der Waals surface area contributed by atoms with Gasteiger partial charge in [0.15, 0.2) is 0 Å². The van der Waals surface area contributed by atoms with E-state index >= 15 is 0 Å². The number of carbonyl (C=O) groups is 1. The number of hydrogen-bond acceptors (Lipinski definition) is 3. The minimum atomic E-state index is -0.443. The van der Waals surface area contributed by atoms with E-state index in [-0.39, 0.29) is 10.8 Å². The highest BCUT2D eigenvalue weighted by Gasteiger charge is 2.10. The first kappa shape index (κ1) is 16.8. The van der Waals surface area contributed by atoms with E-state index < -0.39 is 5.91 Å². The summed E-state index contributed by atoms with van der Waals surface area (Å²) in [7, 11) is 0. The fourth-order valence-corrected chi connectivity index (χ4v) is 2.86. The zero-order valence-electron chi connectivity index (χ0n) is 11.4. The van der Waals surface area contributed by atoms with Gasteiger partial charge in [-0.25, -0.2) is 5.43 Å². The molecule has 114 valence electrons. The third kappa shape index (κ3) is 4.00. The number of hydrazone groups is 1. The Morgan fingerprint density at radius 3 is 2.68 bits per heavy atom. The molecule has 4 nitrogen and oxygen atoms in total. The van der Waals surface area contributed by atoms with Crippen LogP contribution in [0.1, 0.15) is 21.5 Å². The molecule has 0 saturated carbocycles. The predicted molar refractivity (Wildman–Crippen MR) is 92.1 cm³/mol. The molecule has 0 aromatic heterocycles. The monoisotopic (exact) mass is 400 g/mol. The second-order valence-corrected chi connectivity index (χ2v) is 6.24. The SMILES string of the molecule is Cc1ccc(C(=O)N/N=C\c2cc(Br)cc(Cl)c2O)c(Cl)c1. The topological polar surface area (TPSA) is 61.7 Å². The average Bonchev–Trinajstić information content (AvgIpc) is 2.43. The fourth-order valence-electron chi connectivity index (χ4n) is 1.71. The number of nitrogens with one attached hydrogen (secondary N) is 1. The van der Waals surface area contributed by atoms with Crippen LogP contribution in [0.3, 0.4) is 0 Å². The highest BCUT2D eigenvalue weighted by Crippen LogP contribution is 2.30. The number of rotatable bonds is 3. The summed E-state index contributed by atoms with van der Waals surface area (Å²) in [4.78, 5) is 12.0. The molecule has 2 N–H and O–H groups in total. The van der Waals surface area contributed by atoms with Crippen LogP contribution >= 0.6 is 39.1 Å². The van der Waals surface area contributed by atoms with Crippen LogP contribution in [-0.2, 0) is 0 Å². The fraction of sp³-hybridized carbons (Fsp3) is 0.0667. The summed E-state index contributed by atoms with van der Waals surface area (Å²) in [6.07, 6.45) is 1.30. The van der Waals surface area contributed by atoms with E-state index in [4.69, 9.17) is 23.2 Å². The van der Waals surface area contributed by atoms with Gasteiger partial charge in [0.25, 0.3) is 5.91 Å². The van der Waals surface area contributed by atoms with Crippen LogP contribution in [0.4, 0.5) is 0 Å². The van der Waals surface area contributed by atoms with Crippen LogP contribution in [0, 0.1) is 6.92 Å². The molecule has 7 heteroatoms. The molecule has 0 spiro atoms. The Hall–Kier alpha value is -1.56. The summed E-state index contributed by atoms with van der Waals surface area (Å²) >= 11 is 15.1. The summed E-state index contributed by atoms with van der Waals surface area (Å²) in [5.74, 6) is -0.557. The van der Waals surface area contributed by atoms with E-state index in [9.17, 15) is 9.90 Å². The molecule has 0 atom stereocenters. The number of hydrogen-bond donors (Lipinski definition) is 2. The van der Waals surface area contributed by atoms with Crippen molar-refractivity contribution in [1.29, 1.82) is 0 Å². The van der Waals surface area contributed by atoms with E-state index in [2.05, 4.69) is 26.5 Å². The molecule has 22 heavy (non-hydrogen) atoms. The molecule has 0 aliphatic carbocycles. The maximum Gasteiger partial charge on any atom is 0.272 e. The van der Waals surface area contributed by atoms with Crippen LogP contribution in [0.5, 0.6) is 5.75 Å². The summed E-state index contributed by atoms with van der Waals surface area (Å²) in [6, 6.07) is 8.27. The zero-order valence-corrected chi connectivity index (χ0v) is 14.5. The number of halogens is 3. The van der Waals surface area contributed by atoms with Crippen molar-refractivity contribution >= 4 is 51.3 Å². The van der Waals surface area contributed by atoms with Crippen molar-refractivity contribution in [1.82, 2.24) is 5.43 Å². The molecule has 0 bridgehead atoms. The van der Waals surface area contributed by atoms with E-state index in [0.29, 0.717) is 20.6 Å². The van der Waals surface area contributed by atoms with Crippen LogP contribution in [0.25, 0.3) is 0 Å². The number of aryl methyl sites for hydroxylation is 1. The Labute approximate surface area is 145 Å². The number of carbonyl (C=O) groups excluding carboxylic acids is 1. The lowest BCUT2D eigenvalue weighted by Gasteiger charge is -2.04. The lowest BCUT2D eigenvalue weighted by atomic mass is 10.1. The maximum absolute atomic E-state index is 12.0. The van der Waals surface area contributed by atoms with Gasteiger partial charge in [-0.3, -0.25) is 4.79 Å². The predicted octanol–water partition coefficient (Wildman–Crippen LogP) is 4.53. The van der Waals surface area contributed by atoms with Crippen LogP contribution in [0.2, 0.25) is 10.0 Å². The largest absolute Gasteiger partial charge is 0.506 e. The minimum Gasteiger partial charge on any atom is -0.506 e. The van der Waals surface area contributed by atoms with Crippen molar-refractivity contribution in [3.05, 3.63) is 61.5 Å². The number of nitrogens with zero attached hydrogens (tertiary/aromatic N) is 1. The smallest absolute Gasteiger partial charge is 0.272 e. The summed E-state index contributed by atoms with van der Waals surface area (Å²) in [5.41, 5.74) is 4.00. The van der Waals surface area contributed by atoms with Gasteiger partial charge in [0.1, 0.15) is 5.75 Å². The average molecular weight is 402 g/mol. The third-order valence-corrected chi connectivity index (χ3v) is 3.86. The van der Waals surface area contributed by atoms with Gasteiger partial charge in [-0.05, 0) is 36.8 Å². The standard InChI is InChI=1S/C15H11BrCl2N2O2/c1-8-2-3-11(12(17)4-8)15(22)20-19-7-9-5-10(16)6-13(18)14(9)21/h2-7,21H,1H3,(H,20,22)/b19-7-. The quantitative estimate of drug-likeness (QED) is 0.586. The van der Waals surface area contributed by atoms with Gasteiger partial charge < -0.3 is 5.11 Å². The highest BCUT2D eigenvalue weighted by molar-refractivity contribution is 9.10. The van der Waals surface area contributed by atoms with Crippen molar-refractivity contribution in [3.8, 4) is 5.75 Å². The molecular weight excluding hydrogens is 391 g/mol. The van der Waals surface area contributed by atoms with E-state index in [1.807, 2.05) is 6.92 Å². The van der Waals surface area contributed by atoms with E-state index in [1.165, 1.54) is 6.21 Å². The molecule has 0 saturated heterocycles. The Bertz CT molecular complexity index is 763. The Morgan fingerprint density at radius 1 is 1.27 bits per heavy atom. The van der Waals surface area contributed by atoms with Gasteiger partial charge in [0, 0.05) is 10.0 Å². The molecular formula is C15H11BrCl2N2O2. The van der Waals surface area contributed by atoms with Gasteiger partial charge in [0.05, 0.1) is 21.8 Å². The summed E-state index contributed by atoms with van der Waals surface area (Å²) in [6.45, 7) is 1.88. The molecule has 0 heterocycles. The summed E-state index contributed by atoms with van der Waals surface area (Å²) < 4.78 is 0.685. The highest BCUT2D eigenvalue weighted by atomic mass is 79.9. The molecule has 2 aromatic carbocycles. The number of benzene rings is 2. The van der Waals surface area contributed by atoms with Gasteiger partial charge in [0.2, 0.25) is 0 Å². The van der Waals surface area contributed by atoms with Crippen molar-refractivity contribution in [3.63, 3.8) is 0 Å². The second kappa shape index (κ2) is 7.13. The van der Waals surface area contributed by atoms with Crippen LogP contribution in [-0.4, -0.2) is 17.2 Å². The maximum atomic E-state index is 12.0. The number of phenolic OH excluding ortho intramolecular Hbond substituents is 1. The lowest BCUT2D eigenvalue weighted by molar-refractivity contribution is 0.0955. The Morgan fingerprint density at radius 2 is 2.00 bits per heavy atom. The Kier molecular flexibility index (Phi) is 5.45. The van der Waals surface area contributed by atoms with Crippen LogP contribution in [0.15, 0.2) is 39.9 Å². The molecule has 0 radical (unpaired) electrons. The van der Waals surface area contributed by atoms with E-state index in [0.717, 1.165) is 5.56 Å². The first-order chi connectivity index (χ1) is 10.4. The first-order valence-corrected chi connectivity index (χ1v) is 7.71. The van der Waals surface area contributed by atoms with Crippen molar-refractivity contribution in [2.45, 2.75) is 6.92 Å². The molecule has 0 aliphatic rings. The van der Waals surface area contributed by atoms with Crippen molar-refractivity contribution in [2.75, 3.05) is 0 Å². The van der Waals surface area contributed by atoms with Gasteiger partial charge >= 0.3 is 0 Å².